The molecule has 0 atom stereocenters. The Labute approximate surface area is 179 Å². The minimum Gasteiger partial charge on any atom is -0.407 e. The smallest absolute Gasteiger partial charge is 0.407 e. The van der Waals surface area contributed by atoms with Crippen LogP contribution in [0.25, 0.3) is 39.0 Å². The van der Waals surface area contributed by atoms with Crippen LogP contribution in [0.2, 0.25) is 0 Å². The Morgan fingerprint density at radius 2 is 1.62 bits per heavy atom. The molecule has 0 saturated carbocycles. The minimum absolute atomic E-state index is 0.0120. The van der Waals surface area contributed by atoms with Crippen molar-refractivity contribution in [2.75, 3.05) is 0 Å². The number of alkyl halides is 3. The maximum atomic E-state index is 14.3. The van der Waals surface area contributed by atoms with E-state index in [0.717, 1.165) is 11.6 Å². The highest BCUT2D eigenvalue weighted by Crippen LogP contribution is 2.41. The lowest BCUT2D eigenvalue weighted by Gasteiger charge is -2.12. The van der Waals surface area contributed by atoms with Crippen LogP contribution in [0.4, 0.5) is 13.2 Å². The molecule has 0 unspecified atom stereocenters. The van der Waals surface area contributed by atoms with E-state index >= 15 is 0 Å². The summed E-state index contributed by atoms with van der Waals surface area (Å²) in [7, 11) is 0. The molecule has 0 aliphatic rings. The topological polar surface area (TPSA) is 60.9 Å². The Morgan fingerprint density at radius 1 is 0.938 bits per heavy atom. The van der Waals surface area contributed by atoms with Gasteiger partial charge in [-0.15, -0.1) is 0 Å². The van der Waals surface area contributed by atoms with Crippen LogP contribution in [0.3, 0.4) is 0 Å². The van der Waals surface area contributed by atoms with Crippen LogP contribution in [0, 0.1) is 13.8 Å². The lowest BCUT2D eigenvalue weighted by Crippen LogP contribution is -2.08. The molecule has 0 fully saturated rings. The average molecular weight is 435 g/mol. The van der Waals surface area contributed by atoms with Gasteiger partial charge in [-0.3, -0.25) is 4.57 Å². The van der Waals surface area contributed by atoms with Crippen LogP contribution in [0.15, 0.2) is 69.9 Å². The number of rotatable bonds is 2. The van der Waals surface area contributed by atoms with Crippen molar-refractivity contribution in [1.82, 2.24) is 14.5 Å². The third kappa shape index (κ3) is 3.15. The molecular weight excluding hydrogens is 419 g/mol. The van der Waals surface area contributed by atoms with Gasteiger partial charge in [-0.2, -0.15) is 13.2 Å². The molecule has 0 aliphatic carbocycles. The summed E-state index contributed by atoms with van der Waals surface area (Å²) in [6.07, 6.45) is -4.69. The van der Waals surface area contributed by atoms with Crippen molar-refractivity contribution in [3.63, 3.8) is 0 Å². The normalized spacial score (nSPS) is 12.0. The van der Waals surface area contributed by atoms with Crippen molar-refractivity contribution in [2.24, 2.45) is 0 Å². The van der Waals surface area contributed by atoms with E-state index in [0.29, 0.717) is 11.3 Å². The van der Waals surface area contributed by atoms with E-state index in [9.17, 15) is 18.0 Å². The molecule has 2 aromatic carbocycles. The molecule has 5 rings (SSSR count). The number of benzene rings is 2. The summed E-state index contributed by atoms with van der Waals surface area (Å²) < 4.78 is 49.3. The molecular formula is C24H16F3N3O2. The van der Waals surface area contributed by atoms with E-state index in [1.165, 1.54) is 11.5 Å². The second-order valence-corrected chi connectivity index (χ2v) is 7.51. The van der Waals surface area contributed by atoms with Crippen molar-refractivity contribution in [3.8, 4) is 16.9 Å². The Bertz CT molecular complexity index is 1530. The number of hydrogen-bond acceptors (Lipinski definition) is 4. The van der Waals surface area contributed by atoms with E-state index in [2.05, 4.69) is 9.97 Å². The standard InChI is InChI=1S/C24H16F3N3O2/c1-13-8-10-15(11-9-13)18-12-17(24(25,26)27)19-20-21(23(31)32-14(2)28-20)30(22(19)29-18)16-6-4-3-5-7-16/h3-12H,1-2H3. The molecule has 3 aromatic heterocycles. The fraction of sp³-hybridized carbons (Fsp3) is 0.125. The molecule has 0 amide bonds. The summed E-state index contributed by atoms with van der Waals surface area (Å²) in [6, 6.07) is 16.7. The first kappa shape index (κ1) is 20.0. The molecule has 160 valence electrons. The van der Waals surface area contributed by atoms with Crippen LogP contribution < -0.4 is 5.63 Å². The van der Waals surface area contributed by atoms with Crippen molar-refractivity contribution < 1.29 is 17.6 Å². The number of halogens is 3. The highest BCUT2D eigenvalue weighted by Gasteiger charge is 2.37. The number of para-hydroxylation sites is 1. The fourth-order valence-corrected chi connectivity index (χ4v) is 3.84. The van der Waals surface area contributed by atoms with Crippen LogP contribution in [-0.2, 0) is 6.18 Å². The van der Waals surface area contributed by atoms with Gasteiger partial charge in [0.25, 0.3) is 0 Å². The van der Waals surface area contributed by atoms with Gasteiger partial charge in [-0.05, 0) is 25.1 Å². The largest absolute Gasteiger partial charge is 0.417 e. The maximum absolute atomic E-state index is 14.3. The van der Waals surface area contributed by atoms with Gasteiger partial charge >= 0.3 is 11.8 Å². The summed E-state index contributed by atoms with van der Waals surface area (Å²) in [4.78, 5) is 21.5. The van der Waals surface area contributed by atoms with Crippen molar-refractivity contribution >= 4 is 22.1 Å². The van der Waals surface area contributed by atoms with E-state index in [-0.39, 0.29) is 33.7 Å². The van der Waals surface area contributed by atoms with E-state index in [1.54, 1.807) is 54.6 Å². The number of fused-ring (bicyclic) bond motifs is 3. The molecule has 8 heteroatoms. The van der Waals surface area contributed by atoms with Crippen molar-refractivity contribution in [3.05, 3.63) is 88.1 Å². The maximum Gasteiger partial charge on any atom is 0.417 e. The Balaban J connectivity index is 2.02. The van der Waals surface area contributed by atoms with Gasteiger partial charge in [0.1, 0.15) is 11.2 Å². The Kier molecular flexibility index (Phi) is 4.40. The zero-order valence-electron chi connectivity index (χ0n) is 17.1. The van der Waals surface area contributed by atoms with Crippen LogP contribution in [-0.4, -0.2) is 14.5 Å². The third-order valence-electron chi connectivity index (χ3n) is 5.27. The summed E-state index contributed by atoms with van der Waals surface area (Å²) in [5.74, 6) is -0.0228. The van der Waals surface area contributed by atoms with Gasteiger partial charge in [0.05, 0.1) is 16.6 Å². The summed E-state index contributed by atoms with van der Waals surface area (Å²) >= 11 is 0. The minimum atomic E-state index is -4.69. The van der Waals surface area contributed by atoms with Crippen LogP contribution >= 0.6 is 0 Å². The number of nitrogens with zero attached hydrogens (tertiary/aromatic N) is 3. The Hall–Kier alpha value is -3.94. The van der Waals surface area contributed by atoms with Crippen molar-refractivity contribution in [2.45, 2.75) is 20.0 Å². The molecule has 0 bridgehead atoms. The lowest BCUT2D eigenvalue weighted by molar-refractivity contribution is -0.136. The molecule has 0 saturated heterocycles. The van der Waals surface area contributed by atoms with E-state index < -0.39 is 17.4 Å². The van der Waals surface area contributed by atoms with Crippen molar-refractivity contribution in [1.29, 1.82) is 0 Å². The molecule has 5 nitrogen and oxygen atoms in total. The molecule has 5 aromatic rings. The van der Waals surface area contributed by atoms with Crippen LogP contribution in [0.1, 0.15) is 17.0 Å². The number of aryl methyl sites for hydroxylation is 2. The van der Waals surface area contributed by atoms with E-state index in [4.69, 9.17) is 4.42 Å². The van der Waals surface area contributed by atoms with Gasteiger partial charge in [0.15, 0.2) is 11.4 Å². The second kappa shape index (κ2) is 7.05. The quantitative estimate of drug-likeness (QED) is 0.350. The van der Waals surface area contributed by atoms with Gasteiger partial charge < -0.3 is 4.42 Å². The van der Waals surface area contributed by atoms with Crippen LogP contribution in [0.5, 0.6) is 0 Å². The first-order valence-corrected chi connectivity index (χ1v) is 9.80. The zero-order chi connectivity index (χ0) is 22.6. The highest BCUT2D eigenvalue weighted by atomic mass is 19.4. The highest BCUT2D eigenvalue weighted by molar-refractivity contribution is 6.07. The fourth-order valence-electron chi connectivity index (χ4n) is 3.84. The van der Waals surface area contributed by atoms with E-state index in [1.807, 2.05) is 6.92 Å². The summed E-state index contributed by atoms with van der Waals surface area (Å²) in [5, 5.41) is -0.233. The number of pyridine rings is 1. The first-order chi connectivity index (χ1) is 15.2. The molecule has 0 aliphatic heterocycles. The SMILES string of the molecule is Cc1ccc(-c2cc(C(F)(F)F)c3c4nc(C)oc(=O)c4n(-c4ccccc4)c3n2)cc1. The van der Waals surface area contributed by atoms with Gasteiger partial charge in [-0.1, -0.05) is 48.0 Å². The summed E-state index contributed by atoms with van der Waals surface area (Å²) in [5.41, 5.74) is 0.254. The molecule has 0 N–H and O–H groups in total. The predicted molar refractivity (Wildman–Crippen MR) is 115 cm³/mol. The Morgan fingerprint density at radius 3 is 2.28 bits per heavy atom. The van der Waals surface area contributed by atoms with Gasteiger partial charge in [-0.25, -0.2) is 14.8 Å². The predicted octanol–water partition coefficient (Wildman–Crippen LogP) is 5.83. The third-order valence-corrected chi connectivity index (χ3v) is 5.27. The summed E-state index contributed by atoms with van der Waals surface area (Å²) in [6.45, 7) is 3.32. The zero-order valence-corrected chi connectivity index (χ0v) is 17.1. The van der Waals surface area contributed by atoms with Gasteiger partial charge in [0.2, 0.25) is 0 Å². The average Bonchev–Trinajstić information content (AvgIpc) is 3.08. The number of hydrogen-bond donors (Lipinski definition) is 0. The first-order valence-electron chi connectivity index (χ1n) is 9.80. The molecule has 32 heavy (non-hydrogen) atoms. The monoisotopic (exact) mass is 435 g/mol. The second-order valence-electron chi connectivity index (χ2n) is 7.51. The number of aromatic nitrogens is 3. The van der Waals surface area contributed by atoms with Gasteiger partial charge in [0, 0.05) is 18.2 Å². The molecule has 0 spiro atoms. The molecule has 3 heterocycles. The lowest BCUT2D eigenvalue weighted by atomic mass is 10.0. The molecule has 0 radical (unpaired) electrons.